The van der Waals surface area contributed by atoms with Crippen molar-refractivity contribution in [3.63, 3.8) is 0 Å². The molecule has 1 aliphatic carbocycles. The number of aromatic nitrogens is 2. The number of hydrogen-bond acceptors (Lipinski definition) is 5. The summed E-state index contributed by atoms with van der Waals surface area (Å²) in [5.41, 5.74) is 8.87. The third-order valence-electron chi connectivity index (χ3n) is 5.81. The van der Waals surface area contributed by atoms with Crippen molar-refractivity contribution in [1.82, 2.24) is 14.9 Å². The van der Waals surface area contributed by atoms with Gasteiger partial charge in [0.1, 0.15) is 5.75 Å². The molecule has 1 atom stereocenters. The zero-order chi connectivity index (χ0) is 18.8. The van der Waals surface area contributed by atoms with Gasteiger partial charge in [0, 0.05) is 36.7 Å². The van der Waals surface area contributed by atoms with Gasteiger partial charge in [-0.05, 0) is 43.4 Å². The first-order valence-electron chi connectivity index (χ1n) is 9.71. The lowest BCUT2D eigenvalue weighted by Gasteiger charge is -2.37. The summed E-state index contributed by atoms with van der Waals surface area (Å²) < 4.78 is 5.25. The molecule has 6 heteroatoms. The van der Waals surface area contributed by atoms with Crippen molar-refractivity contribution in [1.29, 1.82) is 0 Å². The number of piperidine rings is 1. The van der Waals surface area contributed by atoms with E-state index >= 15 is 0 Å². The molecule has 1 saturated heterocycles. The largest absolute Gasteiger partial charge is 0.497 e. The van der Waals surface area contributed by atoms with E-state index in [1.54, 1.807) is 13.3 Å². The number of amides is 1. The summed E-state index contributed by atoms with van der Waals surface area (Å²) in [4.78, 5) is 23.5. The maximum Gasteiger partial charge on any atom is 0.225 e. The first-order chi connectivity index (χ1) is 13.2. The number of likely N-dealkylation sites (tertiary alicyclic amines) is 1. The van der Waals surface area contributed by atoms with Gasteiger partial charge in [0.05, 0.1) is 12.8 Å². The van der Waals surface area contributed by atoms with Gasteiger partial charge in [-0.2, -0.15) is 0 Å². The van der Waals surface area contributed by atoms with Crippen molar-refractivity contribution in [3.8, 4) is 16.9 Å². The molecule has 2 aromatic rings. The van der Waals surface area contributed by atoms with E-state index in [9.17, 15) is 4.79 Å². The molecular formula is C21H26N4O2. The molecule has 1 aromatic heterocycles. The van der Waals surface area contributed by atoms with Crippen LogP contribution < -0.4 is 10.5 Å². The van der Waals surface area contributed by atoms with E-state index in [4.69, 9.17) is 10.5 Å². The molecule has 2 aliphatic rings. The molecule has 2 N–H and O–H groups in total. The summed E-state index contributed by atoms with van der Waals surface area (Å²) in [5, 5.41) is 0. The van der Waals surface area contributed by atoms with Crippen molar-refractivity contribution in [2.45, 2.75) is 38.0 Å². The second-order valence-electron chi connectivity index (χ2n) is 7.51. The molecule has 27 heavy (non-hydrogen) atoms. The van der Waals surface area contributed by atoms with Crippen molar-refractivity contribution < 1.29 is 9.53 Å². The molecule has 0 spiro atoms. The molecule has 1 aliphatic heterocycles. The Labute approximate surface area is 159 Å². The highest BCUT2D eigenvalue weighted by molar-refractivity contribution is 5.80. The van der Waals surface area contributed by atoms with E-state index in [0.717, 1.165) is 61.3 Å². The van der Waals surface area contributed by atoms with Crippen LogP contribution in [0.5, 0.6) is 5.75 Å². The van der Waals surface area contributed by atoms with E-state index in [2.05, 4.69) is 9.97 Å². The van der Waals surface area contributed by atoms with E-state index in [1.807, 2.05) is 29.2 Å². The van der Waals surface area contributed by atoms with Crippen LogP contribution in [-0.2, 0) is 4.79 Å². The molecule has 142 valence electrons. The fraction of sp³-hybridized carbons (Fsp3) is 0.476. The fourth-order valence-electron chi connectivity index (χ4n) is 4.03. The van der Waals surface area contributed by atoms with Crippen LogP contribution in [0, 0.1) is 5.92 Å². The second kappa shape index (κ2) is 7.55. The molecule has 2 fully saturated rings. The molecule has 0 bridgehead atoms. The molecular weight excluding hydrogens is 340 g/mol. The smallest absolute Gasteiger partial charge is 0.225 e. The Morgan fingerprint density at radius 1 is 1.19 bits per heavy atom. The fourth-order valence-corrected chi connectivity index (χ4v) is 4.03. The average Bonchev–Trinajstić information content (AvgIpc) is 2.67. The number of nitrogens with two attached hydrogens (primary N) is 1. The second-order valence-corrected chi connectivity index (χ2v) is 7.51. The molecule has 1 amide bonds. The van der Waals surface area contributed by atoms with Gasteiger partial charge in [-0.1, -0.05) is 18.6 Å². The summed E-state index contributed by atoms with van der Waals surface area (Å²) in [7, 11) is 1.66. The van der Waals surface area contributed by atoms with E-state index in [-0.39, 0.29) is 17.8 Å². The van der Waals surface area contributed by atoms with Crippen molar-refractivity contribution in [3.05, 3.63) is 36.2 Å². The van der Waals surface area contributed by atoms with Crippen LogP contribution in [0.15, 0.2) is 30.5 Å². The van der Waals surface area contributed by atoms with E-state index in [1.165, 1.54) is 6.42 Å². The van der Waals surface area contributed by atoms with Crippen molar-refractivity contribution in [2.24, 2.45) is 5.92 Å². The molecule has 0 unspecified atom stereocenters. The normalized spacial score (nSPS) is 20.2. The zero-order valence-electron chi connectivity index (χ0n) is 15.7. The minimum atomic E-state index is 0.185. The molecule has 1 saturated carbocycles. The lowest BCUT2D eigenvalue weighted by atomic mass is 9.83. The minimum Gasteiger partial charge on any atom is -0.497 e. The van der Waals surface area contributed by atoms with Gasteiger partial charge >= 0.3 is 0 Å². The van der Waals surface area contributed by atoms with Crippen molar-refractivity contribution >= 4 is 11.9 Å². The quantitative estimate of drug-likeness (QED) is 0.898. The van der Waals surface area contributed by atoms with Crippen LogP contribution in [0.3, 0.4) is 0 Å². The van der Waals surface area contributed by atoms with Crippen LogP contribution in [-0.4, -0.2) is 41.0 Å². The Kier molecular flexibility index (Phi) is 4.97. The number of nitrogen functional groups attached to an aromatic ring is 1. The number of methoxy groups -OCH3 is 1. The summed E-state index contributed by atoms with van der Waals surface area (Å²) in [6, 6.07) is 7.89. The minimum absolute atomic E-state index is 0.185. The predicted octanol–water partition coefficient (Wildman–Crippen LogP) is 3.24. The SMILES string of the molecule is COc1ccc(-c2cnc(N)nc2[C@@H]2CCCN(C(=O)C3CCC3)C2)cc1. The monoisotopic (exact) mass is 366 g/mol. The lowest BCUT2D eigenvalue weighted by Crippen LogP contribution is -2.44. The maximum atomic E-state index is 12.7. The van der Waals surface area contributed by atoms with Crippen LogP contribution >= 0.6 is 0 Å². The summed E-state index contributed by atoms with van der Waals surface area (Å²) >= 11 is 0. The first-order valence-corrected chi connectivity index (χ1v) is 9.71. The standard InChI is InChI=1S/C21H26N4O2/c1-27-17-9-7-14(8-10-17)18-12-23-21(22)24-19(18)16-6-3-11-25(13-16)20(26)15-4-2-5-15/h7-10,12,15-16H,2-6,11,13H2,1H3,(H2,22,23,24)/t16-/m1/s1. The molecule has 4 rings (SSSR count). The predicted molar refractivity (Wildman–Crippen MR) is 104 cm³/mol. The average molecular weight is 366 g/mol. The van der Waals surface area contributed by atoms with E-state index in [0.29, 0.717) is 5.91 Å². The summed E-state index contributed by atoms with van der Waals surface area (Å²) in [5.74, 6) is 1.83. The Bertz CT molecular complexity index is 817. The number of rotatable bonds is 4. The van der Waals surface area contributed by atoms with Gasteiger partial charge in [0.15, 0.2) is 0 Å². The Morgan fingerprint density at radius 2 is 1.96 bits per heavy atom. The van der Waals surface area contributed by atoms with E-state index < -0.39 is 0 Å². The number of hydrogen-bond donors (Lipinski definition) is 1. The number of anilines is 1. The highest BCUT2D eigenvalue weighted by atomic mass is 16.5. The Morgan fingerprint density at radius 3 is 2.63 bits per heavy atom. The lowest BCUT2D eigenvalue weighted by molar-refractivity contribution is -0.139. The van der Waals surface area contributed by atoms with Crippen LogP contribution in [0.4, 0.5) is 5.95 Å². The Balaban J connectivity index is 1.61. The van der Waals surface area contributed by atoms with Gasteiger partial charge in [-0.15, -0.1) is 0 Å². The van der Waals surface area contributed by atoms with Crippen molar-refractivity contribution in [2.75, 3.05) is 25.9 Å². The Hall–Kier alpha value is -2.63. The van der Waals surface area contributed by atoms with Crippen LogP contribution in [0.1, 0.15) is 43.7 Å². The number of benzene rings is 1. The molecule has 6 nitrogen and oxygen atoms in total. The van der Waals surface area contributed by atoms with Gasteiger partial charge in [0.2, 0.25) is 11.9 Å². The molecule has 1 aromatic carbocycles. The highest BCUT2D eigenvalue weighted by Crippen LogP contribution is 2.36. The van der Waals surface area contributed by atoms with Gasteiger partial charge in [0.25, 0.3) is 0 Å². The number of carbonyl (C=O) groups excluding carboxylic acids is 1. The summed E-state index contributed by atoms with van der Waals surface area (Å²) in [6.45, 7) is 1.57. The first kappa shape index (κ1) is 17.8. The topological polar surface area (TPSA) is 81.3 Å². The zero-order valence-corrected chi connectivity index (χ0v) is 15.7. The molecule has 2 heterocycles. The highest BCUT2D eigenvalue weighted by Gasteiger charge is 2.33. The number of carbonyl (C=O) groups is 1. The summed E-state index contributed by atoms with van der Waals surface area (Å²) in [6.07, 6.45) is 7.06. The number of ether oxygens (including phenoxy) is 1. The third kappa shape index (κ3) is 3.61. The number of nitrogens with zero attached hydrogens (tertiary/aromatic N) is 3. The van der Waals surface area contributed by atoms with Gasteiger partial charge < -0.3 is 15.4 Å². The maximum absolute atomic E-state index is 12.7. The van der Waals surface area contributed by atoms with Crippen LogP contribution in [0.25, 0.3) is 11.1 Å². The third-order valence-corrected chi connectivity index (χ3v) is 5.81. The van der Waals surface area contributed by atoms with Gasteiger partial charge in [-0.3, -0.25) is 4.79 Å². The van der Waals surface area contributed by atoms with Gasteiger partial charge in [-0.25, -0.2) is 9.97 Å². The van der Waals surface area contributed by atoms with Crippen LogP contribution in [0.2, 0.25) is 0 Å². The molecule has 0 radical (unpaired) electrons.